The molecule has 0 aromatic carbocycles. The van der Waals surface area contributed by atoms with Crippen LogP contribution in [-0.2, 0) is 6.54 Å². The highest BCUT2D eigenvalue weighted by Gasteiger charge is 2.01. The van der Waals surface area contributed by atoms with E-state index < -0.39 is 0 Å². The Labute approximate surface area is 64.7 Å². The van der Waals surface area contributed by atoms with Crippen molar-refractivity contribution in [1.82, 2.24) is 9.78 Å². The Morgan fingerprint density at radius 3 is 3.00 bits per heavy atom. The highest BCUT2D eigenvalue weighted by atomic mass is 16.3. The van der Waals surface area contributed by atoms with Gasteiger partial charge in [0.2, 0.25) is 0 Å². The smallest absolute Gasteiger partial charge is 0.165 e. The van der Waals surface area contributed by atoms with Crippen LogP contribution in [0.1, 0.15) is 11.3 Å². The summed E-state index contributed by atoms with van der Waals surface area (Å²) in [6.45, 7) is 2.31. The molecule has 4 nitrogen and oxygen atoms in total. The highest BCUT2D eigenvalue weighted by Crippen LogP contribution is 2.02. The molecule has 58 valence electrons. The van der Waals surface area contributed by atoms with Crippen LogP contribution in [0, 0.1) is 18.3 Å². The zero-order chi connectivity index (χ0) is 8.27. The summed E-state index contributed by atoms with van der Waals surface area (Å²) < 4.78 is 1.56. The van der Waals surface area contributed by atoms with Gasteiger partial charge in [0.1, 0.15) is 6.07 Å². The Balaban J connectivity index is 2.89. The third kappa shape index (κ3) is 1.57. The van der Waals surface area contributed by atoms with Crippen molar-refractivity contribution in [3.8, 4) is 6.07 Å². The molecule has 0 fully saturated rings. The van der Waals surface area contributed by atoms with Gasteiger partial charge in [0.05, 0.1) is 13.2 Å². The molecule has 0 amide bonds. The van der Waals surface area contributed by atoms with E-state index >= 15 is 0 Å². The molecule has 0 atom stereocenters. The zero-order valence-corrected chi connectivity index (χ0v) is 6.28. The lowest BCUT2D eigenvalue weighted by Gasteiger charge is -1.93. The number of aryl methyl sites for hydroxylation is 1. The molecule has 11 heavy (non-hydrogen) atoms. The molecule has 0 bridgehead atoms. The topological polar surface area (TPSA) is 61.8 Å². The van der Waals surface area contributed by atoms with Crippen molar-refractivity contribution in [1.29, 1.82) is 5.26 Å². The Bertz CT molecular complexity index is 284. The van der Waals surface area contributed by atoms with Crippen LogP contribution in [0.5, 0.6) is 0 Å². The van der Waals surface area contributed by atoms with Gasteiger partial charge in [-0.1, -0.05) is 0 Å². The standard InChI is InChI=1S/C7H9N3O/c1-6-5-10(2-3-11)9-7(6)4-8/h5,11H,2-3H2,1H3. The van der Waals surface area contributed by atoms with Crippen LogP contribution in [-0.4, -0.2) is 21.5 Å². The van der Waals surface area contributed by atoms with Gasteiger partial charge in [-0.15, -0.1) is 0 Å². The molecule has 1 rings (SSSR count). The summed E-state index contributed by atoms with van der Waals surface area (Å²) in [7, 11) is 0. The maximum atomic E-state index is 8.55. The molecular weight excluding hydrogens is 142 g/mol. The lowest BCUT2D eigenvalue weighted by atomic mass is 10.3. The fraction of sp³-hybridized carbons (Fsp3) is 0.429. The number of aromatic nitrogens is 2. The van der Waals surface area contributed by atoms with E-state index in [9.17, 15) is 0 Å². The number of aliphatic hydroxyl groups excluding tert-OH is 1. The number of rotatable bonds is 2. The monoisotopic (exact) mass is 151 g/mol. The van der Waals surface area contributed by atoms with Crippen LogP contribution in [0.15, 0.2) is 6.20 Å². The summed E-state index contributed by atoms with van der Waals surface area (Å²) in [5.41, 5.74) is 1.28. The zero-order valence-electron chi connectivity index (χ0n) is 6.28. The maximum absolute atomic E-state index is 8.55. The first-order valence-corrected chi connectivity index (χ1v) is 3.33. The Hall–Kier alpha value is -1.34. The van der Waals surface area contributed by atoms with Crippen molar-refractivity contribution < 1.29 is 5.11 Å². The summed E-state index contributed by atoms with van der Waals surface area (Å²) in [5, 5.41) is 21.0. The molecule has 0 spiro atoms. The van der Waals surface area contributed by atoms with E-state index in [1.54, 1.807) is 10.9 Å². The van der Waals surface area contributed by atoms with Gasteiger partial charge in [-0.2, -0.15) is 10.4 Å². The largest absolute Gasteiger partial charge is 0.394 e. The predicted octanol–water partition coefficient (Wildman–Crippen LogP) is 0.0555. The number of nitrogens with zero attached hydrogens (tertiary/aromatic N) is 3. The maximum Gasteiger partial charge on any atom is 0.165 e. The molecule has 0 aliphatic carbocycles. The Kier molecular flexibility index (Phi) is 2.24. The summed E-state index contributed by atoms with van der Waals surface area (Å²) >= 11 is 0. The molecule has 4 heteroatoms. The van der Waals surface area contributed by atoms with Gasteiger partial charge in [-0.25, -0.2) is 0 Å². The normalized spacial score (nSPS) is 9.55. The molecular formula is C7H9N3O. The third-order valence-electron chi connectivity index (χ3n) is 1.38. The number of hydrogen-bond acceptors (Lipinski definition) is 3. The van der Waals surface area contributed by atoms with Crippen LogP contribution in [0.25, 0.3) is 0 Å². The van der Waals surface area contributed by atoms with Crippen LogP contribution >= 0.6 is 0 Å². The minimum atomic E-state index is 0.0476. The van der Waals surface area contributed by atoms with Gasteiger partial charge < -0.3 is 5.11 Å². The van der Waals surface area contributed by atoms with Gasteiger partial charge in [0.15, 0.2) is 5.69 Å². The third-order valence-corrected chi connectivity index (χ3v) is 1.38. The molecule has 0 unspecified atom stereocenters. The Morgan fingerprint density at radius 1 is 1.82 bits per heavy atom. The molecule has 1 heterocycles. The molecule has 0 aliphatic heterocycles. The van der Waals surface area contributed by atoms with E-state index in [1.165, 1.54) is 0 Å². The lowest BCUT2D eigenvalue weighted by Crippen LogP contribution is -2.02. The number of hydrogen-bond donors (Lipinski definition) is 1. The summed E-state index contributed by atoms with van der Waals surface area (Å²) in [6, 6.07) is 1.96. The van der Waals surface area contributed by atoms with Gasteiger partial charge in [0.25, 0.3) is 0 Å². The second-order valence-electron chi connectivity index (χ2n) is 2.26. The van der Waals surface area contributed by atoms with Crippen LogP contribution < -0.4 is 0 Å². The van der Waals surface area contributed by atoms with Crippen molar-refractivity contribution in [2.24, 2.45) is 0 Å². The molecule has 1 N–H and O–H groups in total. The lowest BCUT2D eigenvalue weighted by molar-refractivity contribution is 0.269. The van der Waals surface area contributed by atoms with Crippen molar-refractivity contribution in [3.63, 3.8) is 0 Å². The Morgan fingerprint density at radius 2 is 2.55 bits per heavy atom. The first kappa shape index (κ1) is 7.76. The number of nitriles is 1. The highest BCUT2D eigenvalue weighted by molar-refractivity contribution is 5.27. The summed E-state index contributed by atoms with van der Waals surface area (Å²) in [6.07, 6.45) is 1.74. The van der Waals surface area contributed by atoms with Crippen molar-refractivity contribution in [2.45, 2.75) is 13.5 Å². The van der Waals surface area contributed by atoms with Gasteiger partial charge in [0, 0.05) is 11.8 Å². The second kappa shape index (κ2) is 3.17. The first-order chi connectivity index (χ1) is 5.27. The molecule has 0 aliphatic rings. The van der Waals surface area contributed by atoms with Gasteiger partial charge in [-0.05, 0) is 6.92 Å². The summed E-state index contributed by atoms with van der Waals surface area (Å²) in [4.78, 5) is 0. The fourth-order valence-corrected chi connectivity index (χ4v) is 0.848. The van der Waals surface area contributed by atoms with E-state index in [2.05, 4.69) is 5.10 Å². The first-order valence-electron chi connectivity index (χ1n) is 3.33. The van der Waals surface area contributed by atoms with E-state index in [0.29, 0.717) is 12.2 Å². The van der Waals surface area contributed by atoms with Crippen LogP contribution in [0.2, 0.25) is 0 Å². The average Bonchev–Trinajstić information content (AvgIpc) is 2.32. The van der Waals surface area contributed by atoms with E-state index in [-0.39, 0.29) is 6.61 Å². The average molecular weight is 151 g/mol. The number of aliphatic hydroxyl groups is 1. The van der Waals surface area contributed by atoms with Crippen molar-refractivity contribution in [3.05, 3.63) is 17.5 Å². The van der Waals surface area contributed by atoms with E-state index in [4.69, 9.17) is 10.4 Å². The SMILES string of the molecule is Cc1cn(CCO)nc1C#N. The summed E-state index contributed by atoms with van der Waals surface area (Å²) in [5.74, 6) is 0. The predicted molar refractivity (Wildman–Crippen MR) is 38.8 cm³/mol. The molecule has 1 aromatic heterocycles. The van der Waals surface area contributed by atoms with Crippen molar-refractivity contribution >= 4 is 0 Å². The van der Waals surface area contributed by atoms with E-state index in [1.807, 2.05) is 13.0 Å². The molecule has 1 aromatic rings. The minimum absolute atomic E-state index is 0.0476. The molecule has 0 radical (unpaired) electrons. The quantitative estimate of drug-likeness (QED) is 0.649. The van der Waals surface area contributed by atoms with Crippen LogP contribution in [0.3, 0.4) is 0 Å². The van der Waals surface area contributed by atoms with Crippen molar-refractivity contribution in [2.75, 3.05) is 6.61 Å². The fourth-order valence-electron chi connectivity index (χ4n) is 0.848. The minimum Gasteiger partial charge on any atom is -0.394 e. The van der Waals surface area contributed by atoms with E-state index in [0.717, 1.165) is 5.56 Å². The van der Waals surface area contributed by atoms with Gasteiger partial charge in [-0.3, -0.25) is 4.68 Å². The molecule has 0 saturated heterocycles. The van der Waals surface area contributed by atoms with Gasteiger partial charge >= 0.3 is 0 Å². The molecule has 0 saturated carbocycles. The van der Waals surface area contributed by atoms with Crippen LogP contribution in [0.4, 0.5) is 0 Å². The second-order valence-corrected chi connectivity index (χ2v) is 2.26.